The maximum atomic E-state index is 12.6. The Kier molecular flexibility index (Phi) is 4.65. The van der Waals surface area contributed by atoms with Crippen molar-refractivity contribution in [2.24, 2.45) is 17.8 Å². The lowest BCUT2D eigenvalue weighted by Crippen LogP contribution is -2.40. The normalized spacial score (nSPS) is 24.7. The minimum Gasteiger partial charge on any atom is -0.370 e. The molecule has 2 fully saturated rings. The number of fused-ring (bicyclic) bond motifs is 1. The molecule has 1 aromatic heterocycles. The molecule has 3 heterocycles. The van der Waals surface area contributed by atoms with Crippen LogP contribution in [-0.4, -0.2) is 42.0 Å². The predicted molar refractivity (Wildman–Crippen MR) is 88.7 cm³/mol. The highest BCUT2D eigenvalue weighted by Gasteiger charge is 2.39. The van der Waals surface area contributed by atoms with E-state index in [1.165, 1.54) is 12.1 Å². The second-order valence-corrected chi connectivity index (χ2v) is 6.72. The van der Waals surface area contributed by atoms with Gasteiger partial charge in [-0.3, -0.25) is 9.78 Å². The summed E-state index contributed by atoms with van der Waals surface area (Å²) in [5.41, 5.74) is 1.21. The molecule has 2 aliphatic heterocycles. The molecule has 0 aliphatic carbocycles. The van der Waals surface area contributed by atoms with Crippen LogP contribution in [0.15, 0.2) is 24.5 Å². The third kappa shape index (κ3) is 2.96. The Balaban J connectivity index is 1.63. The van der Waals surface area contributed by atoms with Gasteiger partial charge in [-0.05, 0) is 43.2 Å². The maximum absolute atomic E-state index is 12.6. The molecule has 0 N–H and O–H groups in total. The summed E-state index contributed by atoms with van der Waals surface area (Å²) in [6.07, 6.45) is 6.88. The number of likely N-dealkylation sites (tertiary alicyclic amines) is 1. The molecular weight excluding hydrogens is 274 g/mol. The van der Waals surface area contributed by atoms with E-state index in [1.54, 1.807) is 0 Å². The van der Waals surface area contributed by atoms with Crippen LogP contribution < -0.4 is 4.90 Å². The van der Waals surface area contributed by atoms with Gasteiger partial charge in [-0.15, -0.1) is 0 Å². The molecule has 2 aliphatic rings. The average molecular weight is 301 g/mol. The van der Waals surface area contributed by atoms with Crippen molar-refractivity contribution in [2.75, 3.05) is 31.1 Å². The molecule has 1 amide bonds. The summed E-state index contributed by atoms with van der Waals surface area (Å²) >= 11 is 0. The van der Waals surface area contributed by atoms with Gasteiger partial charge in [-0.2, -0.15) is 0 Å². The quantitative estimate of drug-likeness (QED) is 0.858. The third-order valence-corrected chi connectivity index (χ3v) is 5.46. The van der Waals surface area contributed by atoms with E-state index in [0.717, 1.165) is 39.0 Å². The van der Waals surface area contributed by atoms with Crippen molar-refractivity contribution >= 4 is 11.6 Å². The summed E-state index contributed by atoms with van der Waals surface area (Å²) in [7, 11) is 0. The summed E-state index contributed by atoms with van der Waals surface area (Å²) < 4.78 is 0. The van der Waals surface area contributed by atoms with Crippen molar-refractivity contribution in [1.82, 2.24) is 9.88 Å². The standard InChI is InChI=1S/C18H27N3O/c1-3-14(4-2)18(22)21-11-15-7-9-20(12-16(15)13-21)17-6-5-8-19-10-17/h5-6,8,10,14-16H,3-4,7,9,11-13H2,1-2H3/t15-,16+/m0/s1. The van der Waals surface area contributed by atoms with Gasteiger partial charge in [-0.1, -0.05) is 13.8 Å². The van der Waals surface area contributed by atoms with E-state index < -0.39 is 0 Å². The van der Waals surface area contributed by atoms with Gasteiger partial charge in [0, 0.05) is 38.3 Å². The number of nitrogens with zero attached hydrogens (tertiary/aromatic N) is 3. The van der Waals surface area contributed by atoms with E-state index in [0.29, 0.717) is 17.7 Å². The highest BCUT2D eigenvalue weighted by molar-refractivity contribution is 5.79. The molecule has 4 nitrogen and oxygen atoms in total. The molecule has 4 heteroatoms. The van der Waals surface area contributed by atoms with Gasteiger partial charge < -0.3 is 9.80 Å². The van der Waals surface area contributed by atoms with Crippen LogP contribution in [0.25, 0.3) is 0 Å². The van der Waals surface area contributed by atoms with Crippen molar-refractivity contribution in [2.45, 2.75) is 33.1 Å². The maximum Gasteiger partial charge on any atom is 0.225 e. The van der Waals surface area contributed by atoms with Gasteiger partial charge in [0.05, 0.1) is 11.9 Å². The molecule has 1 aromatic rings. The topological polar surface area (TPSA) is 36.4 Å². The van der Waals surface area contributed by atoms with Crippen LogP contribution in [0.2, 0.25) is 0 Å². The zero-order chi connectivity index (χ0) is 15.5. The number of aromatic nitrogens is 1. The summed E-state index contributed by atoms with van der Waals surface area (Å²) in [5, 5.41) is 0. The Hall–Kier alpha value is -1.58. The Morgan fingerprint density at radius 3 is 2.73 bits per heavy atom. The van der Waals surface area contributed by atoms with E-state index in [2.05, 4.69) is 34.7 Å². The van der Waals surface area contributed by atoms with E-state index >= 15 is 0 Å². The van der Waals surface area contributed by atoms with Crippen LogP contribution in [0.5, 0.6) is 0 Å². The number of carbonyl (C=O) groups is 1. The van der Waals surface area contributed by atoms with Gasteiger partial charge >= 0.3 is 0 Å². The Morgan fingerprint density at radius 2 is 2.05 bits per heavy atom. The van der Waals surface area contributed by atoms with E-state index in [9.17, 15) is 4.79 Å². The lowest BCUT2D eigenvalue weighted by molar-refractivity contribution is -0.134. The summed E-state index contributed by atoms with van der Waals surface area (Å²) in [4.78, 5) is 21.4. The molecule has 120 valence electrons. The van der Waals surface area contributed by atoms with Gasteiger partial charge in [0.1, 0.15) is 0 Å². The van der Waals surface area contributed by atoms with Gasteiger partial charge in [0.25, 0.3) is 0 Å². The van der Waals surface area contributed by atoms with Gasteiger partial charge in [-0.25, -0.2) is 0 Å². The van der Waals surface area contributed by atoms with Crippen molar-refractivity contribution < 1.29 is 4.79 Å². The van der Waals surface area contributed by atoms with Crippen LogP contribution in [0.1, 0.15) is 33.1 Å². The molecule has 2 atom stereocenters. The lowest BCUT2D eigenvalue weighted by Gasteiger charge is -2.35. The minimum atomic E-state index is 0.217. The lowest BCUT2D eigenvalue weighted by atomic mass is 9.88. The van der Waals surface area contributed by atoms with Crippen LogP contribution in [0, 0.1) is 17.8 Å². The summed E-state index contributed by atoms with van der Waals surface area (Å²) in [6, 6.07) is 4.13. The molecule has 0 unspecified atom stereocenters. The number of rotatable bonds is 4. The average Bonchev–Trinajstić information content (AvgIpc) is 2.99. The first-order valence-electron chi connectivity index (χ1n) is 8.66. The smallest absolute Gasteiger partial charge is 0.225 e. The Morgan fingerprint density at radius 1 is 1.27 bits per heavy atom. The SMILES string of the molecule is CCC(CC)C(=O)N1C[C@@H]2CCN(c3cccnc3)C[C@@H]2C1. The van der Waals surface area contributed by atoms with Crippen LogP contribution in [-0.2, 0) is 4.79 Å². The molecule has 2 saturated heterocycles. The van der Waals surface area contributed by atoms with E-state index in [4.69, 9.17) is 0 Å². The fourth-order valence-corrected chi connectivity index (χ4v) is 4.02. The van der Waals surface area contributed by atoms with E-state index in [-0.39, 0.29) is 5.92 Å². The zero-order valence-electron chi connectivity index (χ0n) is 13.7. The second-order valence-electron chi connectivity index (χ2n) is 6.72. The first-order valence-corrected chi connectivity index (χ1v) is 8.66. The molecule has 3 rings (SSSR count). The summed E-state index contributed by atoms with van der Waals surface area (Å²) in [5.74, 6) is 1.90. The number of pyridine rings is 1. The number of anilines is 1. The van der Waals surface area contributed by atoms with Crippen LogP contribution >= 0.6 is 0 Å². The molecular formula is C18H27N3O. The van der Waals surface area contributed by atoms with Crippen molar-refractivity contribution in [3.63, 3.8) is 0 Å². The van der Waals surface area contributed by atoms with Gasteiger partial charge in [0.2, 0.25) is 5.91 Å². The zero-order valence-corrected chi connectivity index (χ0v) is 13.7. The monoisotopic (exact) mass is 301 g/mol. The Bertz CT molecular complexity index is 500. The number of hydrogen-bond acceptors (Lipinski definition) is 3. The molecule has 0 radical (unpaired) electrons. The molecule has 0 bridgehead atoms. The first kappa shape index (κ1) is 15.3. The van der Waals surface area contributed by atoms with Crippen LogP contribution in [0.3, 0.4) is 0 Å². The largest absolute Gasteiger partial charge is 0.370 e. The van der Waals surface area contributed by atoms with Gasteiger partial charge in [0.15, 0.2) is 0 Å². The van der Waals surface area contributed by atoms with E-state index in [1.807, 2.05) is 18.5 Å². The van der Waals surface area contributed by atoms with Crippen LogP contribution in [0.4, 0.5) is 5.69 Å². The third-order valence-electron chi connectivity index (χ3n) is 5.46. The highest BCUT2D eigenvalue weighted by atomic mass is 16.2. The second kappa shape index (κ2) is 6.67. The minimum absolute atomic E-state index is 0.217. The number of amides is 1. The highest BCUT2D eigenvalue weighted by Crippen LogP contribution is 2.34. The fraction of sp³-hybridized carbons (Fsp3) is 0.667. The van der Waals surface area contributed by atoms with Crippen molar-refractivity contribution in [1.29, 1.82) is 0 Å². The van der Waals surface area contributed by atoms with Crippen molar-refractivity contribution in [3.05, 3.63) is 24.5 Å². The van der Waals surface area contributed by atoms with Crippen molar-refractivity contribution in [3.8, 4) is 0 Å². The fourth-order valence-electron chi connectivity index (χ4n) is 4.02. The predicted octanol–water partition coefficient (Wildman–Crippen LogP) is 2.80. The molecule has 0 spiro atoms. The molecule has 0 aromatic carbocycles. The molecule has 0 saturated carbocycles. The number of carbonyl (C=O) groups excluding carboxylic acids is 1. The number of hydrogen-bond donors (Lipinski definition) is 0. The molecule has 22 heavy (non-hydrogen) atoms. The first-order chi connectivity index (χ1) is 10.7. The Labute approximate surface area is 133 Å². The summed E-state index contributed by atoms with van der Waals surface area (Å²) in [6.45, 7) is 8.30. The number of piperidine rings is 1.